The fourth-order valence-corrected chi connectivity index (χ4v) is 3.19. The summed E-state index contributed by atoms with van der Waals surface area (Å²) in [5.74, 6) is -0.223. The molecule has 0 aliphatic rings. The first kappa shape index (κ1) is 20.1. The van der Waals surface area contributed by atoms with Crippen molar-refractivity contribution in [3.05, 3.63) is 35.4 Å². The Kier molecular flexibility index (Phi) is 6.41. The van der Waals surface area contributed by atoms with Gasteiger partial charge in [0.15, 0.2) is 0 Å². The Hall–Kier alpha value is -0.910. The van der Waals surface area contributed by atoms with Crippen LogP contribution in [0.4, 0.5) is 0 Å². The molecule has 1 atom stereocenters. The number of hydrogen-bond acceptors (Lipinski definition) is 3. The van der Waals surface area contributed by atoms with E-state index < -0.39 is 16.2 Å². The van der Waals surface area contributed by atoms with Gasteiger partial charge in [-0.15, -0.1) is 0 Å². The second-order valence-corrected chi connectivity index (χ2v) is 9.58. The summed E-state index contributed by atoms with van der Waals surface area (Å²) in [6.07, 6.45) is 1.12. The maximum atomic E-state index is 10.7. The average Bonchev–Trinajstić information content (AvgIpc) is 2.41. The largest absolute Gasteiger partial charge is 0.388 e. The first-order chi connectivity index (χ1) is 10.3. The van der Waals surface area contributed by atoms with Crippen LogP contribution in [0.3, 0.4) is 0 Å². The highest BCUT2D eigenvalue weighted by molar-refractivity contribution is 7.85. The summed E-state index contributed by atoms with van der Waals surface area (Å²) in [6.45, 7) is 10.4. The lowest BCUT2D eigenvalue weighted by Gasteiger charge is -2.31. The van der Waals surface area contributed by atoms with Gasteiger partial charge in [0, 0.05) is 0 Å². The van der Waals surface area contributed by atoms with E-state index in [1.807, 2.05) is 38.1 Å². The van der Waals surface area contributed by atoms with E-state index in [0.717, 1.165) is 5.56 Å². The third-order valence-corrected chi connectivity index (χ3v) is 5.11. The minimum atomic E-state index is -3.90. The predicted molar refractivity (Wildman–Crippen MR) is 94.1 cm³/mol. The molecule has 0 bridgehead atoms. The summed E-state index contributed by atoms with van der Waals surface area (Å²) in [5, 5.41) is 10.6. The van der Waals surface area contributed by atoms with Gasteiger partial charge in [0.05, 0.1) is 11.9 Å². The van der Waals surface area contributed by atoms with E-state index in [4.69, 9.17) is 4.55 Å². The monoisotopic (exact) mass is 342 g/mol. The molecule has 0 radical (unpaired) electrons. The van der Waals surface area contributed by atoms with E-state index in [1.54, 1.807) is 0 Å². The number of rotatable bonds is 7. The topological polar surface area (TPSA) is 74.6 Å². The maximum absolute atomic E-state index is 10.7. The normalized spacial score (nSPS) is 14.7. The summed E-state index contributed by atoms with van der Waals surface area (Å²) in [4.78, 5) is 0. The van der Waals surface area contributed by atoms with Crippen molar-refractivity contribution in [3.63, 3.8) is 0 Å². The minimum absolute atomic E-state index is 0.0782. The molecule has 23 heavy (non-hydrogen) atoms. The molecule has 0 saturated carbocycles. The van der Waals surface area contributed by atoms with Crippen molar-refractivity contribution in [2.24, 2.45) is 5.41 Å². The molecule has 0 fully saturated rings. The van der Waals surface area contributed by atoms with Crippen molar-refractivity contribution in [1.82, 2.24) is 0 Å². The summed E-state index contributed by atoms with van der Waals surface area (Å²) >= 11 is 0. The smallest absolute Gasteiger partial charge is 0.264 e. The van der Waals surface area contributed by atoms with Gasteiger partial charge >= 0.3 is 0 Å². The van der Waals surface area contributed by atoms with E-state index in [2.05, 4.69) is 20.8 Å². The van der Waals surface area contributed by atoms with Crippen molar-refractivity contribution < 1.29 is 18.1 Å². The van der Waals surface area contributed by atoms with Crippen LogP contribution in [-0.4, -0.2) is 23.8 Å². The highest BCUT2D eigenvalue weighted by atomic mass is 32.2. The van der Waals surface area contributed by atoms with Gasteiger partial charge in [-0.05, 0) is 34.8 Å². The van der Waals surface area contributed by atoms with E-state index in [0.29, 0.717) is 19.3 Å². The van der Waals surface area contributed by atoms with Crippen LogP contribution in [0.5, 0.6) is 0 Å². The fraction of sp³-hybridized carbons (Fsp3) is 0.667. The van der Waals surface area contributed by atoms with E-state index >= 15 is 0 Å². The predicted octanol–water partition coefficient (Wildman–Crippen LogP) is 4.10. The van der Waals surface area contributed by atoms with Crippen molar-refractivity contribution in [1.29, 1.82) is 0 Å². The molecule has 2 N–H and O–H groups in total. The zero-order valence-electron chi connectivity index (χ0n) is 14.8. The molecule has 0 aliphatic carbocycles. The van der Waals surface area contributed by atoms with E-state index in [1.165, 1.54) is 5.56 Å². The van der Waals surface area contributed by atoms with Gasteiger partial charge in [-0.3, -0.25) is 4.55 Å². The van der Waals surface area contributed by atoms with Crippen LogP contribution >= 0.6 is 0 Å². The van der Waals surface area contributed by atoms with E-state index in [-0.39, 0.29) is 16.6 Å². The van der Waals surface area contributed by atoms with Crippen molar-refractivity contribution in [2.45, 2.75) is 65.4 Å². The Labute approximate surface area is 140 Å². The number of aliphatic hydroxyl groups is 1. The zero-order chi connectivity index (χ0) is 17.9. The lowest BCUT2D eigenvalue weighted by Crippen LogP contribution is -2.22. The molecule has 0 aromatic heterocycles. The standard InChI is InChI=1S/C18H30O4S/c1-17(2,3)15-10-8-14(9-11-15)16(19)18(4,5)12-6-7-13-23(20,21)22/h8-11,16,19H,6-7,12-13H2,1-5H3,(H,20,21,22). The molecule has 1 unspecified atom stereocenters. The zero-order valence-corrected chi connectivity index (χ0v) is 15.7. The van der Waals surface area contributed by atoms with E-state index in [9.17, 15) is 13.5 Å². The van der Waals surface area contributed by atoms with Crippen LogP contribution in [0.2, 0.25) is 0 Å². The quantitative estimate of drug-likeness (QED) is 0.578. The molecule has 1 aromatic carbocycles. The Morgan fingerprint density at radius 3 is 1.96 bits per heavy atom. The van der Waals surface area contributed by atoms with Gasteiger partial charge in [-0.2, -0.15) is 8.42 Å². The lowest BCUT2D eigenvalue weighted by molar-refractivity contribution is 0.0414. The van der Waals surface area contributed by atoms with Crippen LogP contribution in [0.15, 0.2) is 24.3 Å². The Morgan fingerprint density at radius 1 is 1.00 bits per heavy atom. The number of hydrogen-bond donors (Lipinski definition) is 2. The van der Waals surface area contributed by atoms with Gasteiger partial charge in [0.1, 0.15) is 0 Å². The molecular weight excluding hydrogens is 312 g/mol. The number of unbranched alkanes of at least 4 members (excludes halogenated alkanes) is 1. The second-order valence-electron chi connectivity index (χ2n) is 8.01. The van der Waals surface area contributed by atoms with Crippen LogP contribution in [0, 0.1) is 5.41 Å². The first-order valence-electron chi connectivity index (χ1n) is 8.07. The third-order valence-electron chi connectivity index (χ3n) is 4.31. The fourth-order valence-electron chi connectivity index (χ4n) is 2.62. The second kappa shape index (κ2) is 7.32. The summed E-state index contributed by atoms with van der Waals surface area (Å²) in [6, 6.07) is 8.02. The minimum Gasteiger partial charge on any atom is -0.388 e. The molecule has 0 amide bonds. The van der Waals surface area contributed by atoms with Crippen LogP contribution in [-0.2, 0) is 15.5 Å². The molecule has 5 heteroatoms. The van der Waals surface area contributed by atoms with Gasteiger partial charge in [0.25, 0.3) is 10.1 Å². The summed E-state index contributed by atoms with van der Waals surface area (Å²) in [7, 11) is -3.90. The first-order valence-corrected chi connectivity index (χ1v) is 9.67. The molecule has 0 spiro atoms. The molecule has 1 rings (SSSR count). The Bertz CT molecular complexity index is 595. The molecular formula is C18H30O4S. The molecule has 1 aromatic rings. The van der Waals surface area contributed by atoms with Gasteiger partial charge < -0.3 is 5.11 Å². The summed E-state index contributed by atoms with van der Waals surface area (Å²) in [5.41, 5.74) is 1.81. The van der Waals surface area contributed by atoms with Crippen LogP contribution in [0.25, 0.3) is 0 Å². The highest BCUT2D eigenvalue weighted by Gasteiger charge is 2.29. The summed E-state index contributed by atoms with van der Waals surface area (Å²) < 4.78 is 30.2. The van der Waals surface area contributed by atoms with Crippen LogP contribution < -0.4 is 0 Å². The van der Waals surface area contributed by atoms with Gasteiger partial charge in [-0.1, -0.05) is 65.3 Å². The molecule has 0 heterocycles. The van der Waals surface area contributed by atoms with Crippen molar-refractivity contribution >= 4 is 10.1 Å². The van der Waals surface area contributed by atoms with Crippen molar-refractivity contribution in [2.75, 3.05) is 5.75 Å². The lowest BCUT2D eigenvalue weighted by atomic mass is 9.78. The Morgan fingerprint density at radius 2 is 1.52 bits per heavy atom. The van der Waals surface area contributed by atoms with Crippen LogP contribution in [0.1, 0.15) is 71.1 Å². The van der Waals surface area contributed by atoms with Crippen molar-refractivity contribution in [3.8, 4) is 0 Å². The molecule has 0 saturated heterocycles. The molecule has 132 valence electrons. The molecule has 0 aliphatic heterocycles. The third kappa shape index (κ3) is 6.61. The van der Waals surface area contributed by atoms with Gasteiger partial charge in [-0.25, -0.2) is 0 Å². The Balaban J connectivity index is 2.68. The maximum Gasteiger partial charge on any atom is 0.264 e. The SMILES string of the molecule is CC(C)(C)c1ccc(C(O)C(C)(C)CCCCS(=O)(=O)O)cc1. The molecule has 4 nitrogen and oxygen atoms in total. The average molecular weight is 343 g/mol. The number of benzene rings is 1. The highest BCUT2D eigenvalue weighted by Crippen LogP contribution is 2.38. The van der Waals surface area contributed by atoms with Gasteiger partial charge in [0.2, 0.25) is 0 Å². The number of aliphatic hydroxyl groups excluding tert-OH is 1.